The molecule has 0 saturated carbocycles. The minimum Gasteiger partial charge on any atom is -0.250 e. The van der Waals surface area contributed by atoms with E-state index in [-0.39, 0.29) is 6.54 Å². The van der Waals surface area contributed by atoms with Crippen molar-refractivity contribution >= 4 is 21.4 Å². The Morgan fingerprint density at radius 2 is 2.43 bits per heavy atom. The first-order valence-corrected chi connectivity index (χ1v) is 6.26. The number of hydrogen-bond donors (Lipinski definition) is 1. The zero-order valence-corrected chi connectivity index (χ0v) is 9.15. The number of thiazole rings is 1. The molecule has 0 aliphatic carbocycles. The number of nitrogens with zero attached hydrogens (tertiary/aromatic N) is 2. The fourth-order valence-corrected chi connectivity index (χ4v) is 2.28. The van der Waals surface area contributed by atoms with E-state index in [0.29, 0.717) is 0 Å². The molecule has 0 atom stereocenters. The van der Waals surface area contributed by atoms with Crippen LogP contribution in [-0.2, 0) is 16.6 Å². The Hall–Kier alpha value is -0.970. The van der Waals surface area contributed by atoms with E-state index < -0.39 is 15.8 Å². The summed E-state index contributed by atoms with van der Waals surface area (Å²) >= 11 is 1.43. The first-order valence-electron chi connectivity index (χ1n) is 3.79. The molecule has 7 heteroatoms. The number of nitriles is 1. The molecule has 0 aliphatic heterocycles. The molecule has 0 unspecified atom stereocenters. The lowest BCUT2D eigenvalue weighted by Crippen LogP contribution is -2.24. The third-order valence-corrected chi connectivity index (χ3v) is 3.40. The molecule has 1 rings (SSSR count). The third-order valence-electron chi connectivity index (χ3n) is 1.39. The van der Waals surface area contributed by atoms with Crippen LogP contribution in [0.15, 0.2) is 6.20 Å². The van der Waals surface area contributed by atoms with E-state index in [9.17, 15) is 8.42 Å². The molecule has 1 aromatic heterocycles. The van der Waals surface area contributed by atoms with Crippen LogP contribution < -0.4 is 4.72 Å². The predicted octanol–water partition coefficient (Wildman–Crippen LogP) is 0.395. The number of sulfonamides is 1. The minimum absolute atomic E-state index is 0.204. The molecule has 0 amide bonds. The zero-order valence-electron chi connectivity index (χ0n) is 7.52. The van der Waals surface area contributed by atoms with Gasteiger partial charge in [-0.25, -0.2) is 18.1 Å². The molecule has 76 valence electrons. The van der Waals surface area contributed by atoms with Gasteiger partial charge in [0.25, 0.3) is 0 Å². The molecule has 0 saturated heterocycles. The van der Waals surface area contributed by atoms with Crippen molar-refractivity contribution in [2.45, 2.75) is 13.5 Å². The number of hydrogen-bond acceptors (Lipinski definition) is 5. The molecule has 1 N–H and O–H groups in total. The molecule has 0 bridgehead atoms. The van der Waals surface area contributed by atoms with Gasteiger partial charge < -0.3 is 0 Å². The zero-order chi connectivity index (χ0) is 10.6. The van der Waals surface area contributed by atoms with Crippen LogP contribution in [0, 0.1) is 18.3 Å². The maximum Gasteiger partial charge on any atom is 0.225 e. The maximum atomic E-state index is 11.1. The Labute approximate surface area is 86.5 Å². The summed E-state index contributed by atoms with van der Waals surface area (Å²) in [4.78, 5) is 4.82. The van der Waals surface area contributed by atoms with Crippen molar-refractivity contribution < 1.29 is 8.42 Å². The van der Waals surface area contributed by atoms with Crippen LogP contribution in [0.25, 0.3) is 0 Å². The fourth-order valence-electron chi connectivity index (χ4n) is 0.804. The highest BCUT2D eigenvalue weighted by Crippen LogP contribution is 2.10. The second-order valence-corrected chi connectivity index (χ2v) is 5.71. The Morgan fingerprint density at radius 1 is 1.71 bits per heavy atom. The van der Waals surface area contributed by atoms with Gasteiger partial charge in [-0.2, -0.15) is 5.26 Å². The average Bonchev–Trinajstić information content (AvgIpc) is 2.48. The third kappa shape index (κ3) is 3.41. The van der Waals surface area contributed by atoms with Gasteiger partial charge in [-0.3, -0.25) is 0 Å². The monoisotopic (exact) mass is 231 g/mol. The highest BCUT2D eigenvalue weighted by molar-refractivity contribution is 7.89. The topological polar surface area (TPSA) is 82.8 Å². The molecule has 5 nitrogen and oxygen atoms in total. The second-order valence-electron chi connectivity index (χ2n) is 2.58. The number of rotatable bonds is 4. The van der Waals surface area contributed by atoms with E-state index >= 15 is 0 Å². The molecular weight excluding hydrogens is 222 g/mol. The van der Waals surface area contributed by atoms with Crippen molar-refractivity contribution in [3.05, 3.63) is 16.1 Å². The summed E-state index contributed by atoms with van der Waals surface area (Å²) < 4.78 is 24.4. The van der Waals surface area contributed by atoms with E-state index in [1.165, 1.54) is 11.3 Å². The molecule has 0 aliphatic rings. The predicted molar refractivity (Wildman–Crippen MR) is 53.1 cm³/mol. The van der Waals surface area contributed by atoms with Crippen molar-refractivity contribution in [1.82, 2.24) is 9.71 Å². The fraction of sp³-hybridized carbons (Fsp3) is 0.429. The van der Waals surface area contributed by atoms with Crippen molar-refractivity contribution in [2.24, 2.45) is 0 Å². The molecule has 1 aromatic rings. The van der Waals surface area contributed by atoms with E-state index in [2.05, 4.69) is 9.71 Å². The first-order chi connectivity index (χ1) is 6.53. The van der Waals surface area contributed by atoms with E-state index in [1.807, 2.05) is 6.92 Å². The van der Waals surface area contributed by atoms with Gasteiger partial charge in [0.05, 0.1) is 11.1 Å². The highest BCUT2D eigenvalue weighted by Gasteiger charge is 2.09. The van der Waals surface area contributed by atoms with Crippen molar-refractivity contribution in [1.29, 1.82) is 5.26 Å². The van der Waals surface area contributed by atoms with E-state index in [4.69, 9.17) is 5.26 Å². The summed E-state index contributed by atoms with van der Waals surface area (Å²) in [6.45, 7) is 2.05. The highest BCUT2D eigenvalue weighted by atomic mass is 32.2. The molecule has 0 radical (unpaired) electrons. The number of aromatic nitrogens is 1. The molecule has 0 aromatic carbocycles. The smallest absolute Gasteiger partial charge is 0.225 e. The summed E-state index contributed by atoms with van der Waals surface area (Å²) in [6.07, 6.45) is 1.62. The minimum atomic E-state index is -3.45. The second kappa shape index (κ2) is 4.50. The lowest BCUT2D eigenvalue weighted by molar-refractivity contribution is 0.585. The summed E-state index contributed by atoms with van der Waals surface area (Å²) in [6, 6.07) is 1.59. The van der Waals surface area contributed by atoms with Gasteiger partial charge in [0.15, 0.2) is 5.75 Å². The van der Waals surface area contributed by atoms with Gasteiger partial charge in [-0.15, -0.1) is 11.3 Å². The molecular formula is C7H9N3O2S2. The first kappa shape index (κ1) is 11.1. The maximum absolute atomic E-state index is 11.1. The van der Waals surface area contributed by atoms with Crippen molar-refractivity contribution in [3.8, 4) is 6.07 Å². The summed E-state index contributed by atoms with van der Waals surface area (Å²) in [5, 5.41) is 9.11. The quantitative estimate of drug-likeness (QED) is 0.812. The molecule has 0 spiro atoms. The Bertz CT molecular complexity index is 444. The summed E-state index contributed by atoms with van der Waals surface area (Å²) in [7, 11) is -3.45. The SMILES string of the molecule is Cc1ncc(CNS(=O)(=O)CC#N)s1. The lowest BCUT2D eigenvalue weighted by atomic mass is 10.6. The molecule has 1 heterocycles. The van der Waals surface area contributed by atoms with Crippen LogP contribution in [0.4, 0.5) is 0 Å². The molecule has 14 heavy (non-hydrogen) atoms. The van der Waals surface area contributed by atoms with Crippen LogP contribution in [0.3, 0.4) is 0 Å². The van der Waals surface area contributed by atoms with Gasteiger partial charge >= 0.3 is 0 Å². The van der Waals surface area contributed by atoms with Crippen molar-refractivity contribution in [3.63, 3.8) is 0 Å². The van der Waals surface area contributed by atoms with Crippen LogP contribution in [0.1, 0.15) is 9.88 Å². The Morgan fingerprint density at radius 3 is 2.93 bits per heavy atom. The van der Waals surface area contributed by atoms with Gasteiger partial charge in [-0.1, -0.05) is 0 Å². The standard InChI is InChI=1S/C7H9N3O2S2/c1-6-9-4-7(13-6)5-10-14(11,12)3-2-8/h4,10H,3,5H2,1H3. The summed E-state index contributed by atoms with van der Waals surface area (Å²) in [5.74, 6) is -0.509. The summed E-state index contributed by atoms with van der Waals surface area (Å²) in [5.41, 5.74) is 0. The van der Waals surface area contributed by atoms with Gasteiger partial charge in [0.1, 0.15) is 0 Å². The van der Waals surface area contributed by atoms with Crippen LogP contribution >= 0.6 is 11.3 Å². The van der Waals surface area contributed by atoms with Crippen LogP contribution in [-0.4, -0.2) is 19.2 Å². The van der Waals surface area contributed by atoms with E-state index in [0.717, 1.165) is 9.88 Å². The lowest BCUT2D eigenvalue weighted by Gasteiger charge is -1.99. The van der Waals surface area contributed by atoms with Crippen LogP contribution in [0.2, 0.25) is 0 Å². The Kier molecular flexibility index (Phi) is 3.57. The van der Waals surface area contributed by atoms with E-state index in [1.54, 1.807) is 12.3 Å². The number of nitrogens with one attached hydrogen (secondary N) is 1. The van der Waals surface area contributed by atoms with Gasteiger partial charge in [0.2, 0.25) is 10.0 Å². The Balaban J connectivity index is 2.54. The normalized spacial score (nSPS) is 11.1. The van der Waals surface area contributed by atoms with Gasteiger partial charge in [-0.05, 0) is 6.92 Å². The van der Waals surface area contributed by atoms with Crippen LogP contribution in [0.5, 0.6) is 0 Å². The van der Waals surface area contributed by atoms with Gasteiger partial charge in [0, 0.05) is 17.6 Å². The average molecular weight is 231 g/mol. The largest absolute Gasteiger partial charge is 0.250 e. The van der Waals surface area contributed by atoms with Crippen molar-refractivity contribution in [2.75, 3.05) is 5.75 Å². The molecule has 0 fully saturated rings. The number of aryl methyl sites for hydroxylation is 1.